The topological polar surface area (TPSA) is 404 Å². The van der Waals surface area contributed by atoms with E-state index in [1.807, 2.05) is 10.6 Å². The van der Waals surface area contributed by atoms with Gasteiger partial charge in [-0.3, -0.25) is 48.1 Å². The molecule has 57 heavy (non-hydrogen) atoms. The number of H-pyrrole nitrogens is 1. The highest BCUT2D eigenvalue weighted by Crippen LogP contribution is 2.13. The molecule has 0 fully saturated rings. The number of aliphatic carboxylic acids is 4. The van der Waals surface area contributed by atoms with Crippen LogP contribution in [0.2, 0.25) is 0 Å². The number of carboxylic acids is 4. The van der Waals surface area contributed by atoms with Crippen LogP contribution in [0, 0.1) is 0 Å². The number of fused-ring (bicyclic) bond motifs is 1. The fourth-order valence-corrected chi connectivity index (χ4v) is 4.90. The van der Waals surface area contributed by atoms with E-state index in [4.69, 9.17) is 10.8 Å². The highest BCUT2D eigenvalue weighted by atomic mass is 16.4. The van der Waals surface area contributed by atoms with E-state index in [0.717, 1.165) is 7.05 Å². The van der Waals surface area contributed by atoms with Gasteiger partial charge in [0.05, 0.1) is 37.7 Å². The first-order valence-corrected chi connectivity index (χ1v) is 16.5. The molecule has 3 rings (SSSR count). The van der Waals surface area contributed by atoms with Crippen LogP contribution >= 0.6 is 0 Å². The van der Waals surface area contributed by atoms with Crippen LogP contribution in [0.25, 0.3) is 11.2 Å². The Labute approximate surface area is 319 Å². The number of nitrogen functional groups attached to an aromatic ring is 1. The average molecular weight is 800 g/mol. The van der Waals surface area contributed by atoms with Crippen LogP contribution in [0.5, 0.6) is 0 Å². The molecule has 5 amide bonds. The lowest BCUT2D eigenvalue weighted by Crippen LogP contribution is -2.57. The lowest BCUT2D eigenvalue weighted by atomic mass is 10.1. The zero-order chi connectivity index (χ0) is 42.4. The van der Waals surface area contributed by atoms with Gasteiger partial charge in [-0.15, -0.1) is 0 Å². The Hall–Kier alpha value is -7.73. The van der Waals surface area contributed by atoms with Crippen LogP contribution < -0.4 is 43.2 Å². The molecule has 13 N–H and O–H groups in total. The van der Waals surface area contributed by atoms with E-state index >= 15 is 0 Å². The molecule has 1 aromatic carbocycles. The lowest BCUT2D eigenvalue weighted by Gasteiger charge is -2.23. The number of rotatable bonds is 21. The summed E-state index contributed by atoms with van der Waals surface area (Å²) in [6.07, 6.45) is -2.92. The minimum atomic E-state index is -1.97. The van der Waals surface area contributed by atoms with Gasteiger partial charge in [0.25, 0.3) is 11.5 Å². The van der Waals surface area contributed by atoms with Gasteiger partial charge in [-0.05, 0) is 30.7 Å². The summed E-state index contributed by atoms with van der Waals surface area (Å²) < 4.78 is 0. The highest BCUT2D eigenvalue weighted by Gasteiger charge is 2.33. The quantitative estimate of drug-likeness (QED) is 0.0497. The number of carbonyl (C=O) groups excluding carboxylic acids is 5. The van der Waals surface area contributed by atoms with Crippen LogP contribution in [0.4, 0.5) is 11.6 Å². The monoisotopic (exact) mass is 799 g/mol. The number of nitrogens with zero attached hydrogens (tertiary/aromatic N) is 3. The Morgan fingerprint density at radius 3 is 1.81 bits per heavy atom. The number of nitrogens with two attached hydrogens (primary N) is 1. The van der Waals surface area contributed by atoms with Crippen molar-refractivity contribution in [2.75, 3.05) is 18.1 Å². The Kier molecular flexibility index (Phi) is 15.4. The molecule has 0 unspecified atom stereocenters. The van der Waals surface area contributed by atoms with Crippen LogP contribution in [0.1, 0.15) is 48.2 Å². The standard InChI is InChI=1S/C32H37N11O14/c1-34-27(52)17(8-21(45)46)40-29(54)19(10-23(49)50)41-28(53)18(9-22(47)48)38-20(44)7-6-16(31(56)57)39-26(51)13-2-4-14(5-3-13)35-11-15-12-36-25-24(37-15)30(55)43-32(33)42-25/h2-5,12,16-19,35H,6-11H2,1H3,(H,34,52)(H,38,44)(H,39,51)(H,40,54)(H,41,53)(H,45,46)(H,47,48)(H,49,50)(H,56,57)(H3,33,36,42,43,55)/t16-,17-,18-,19-/m1/s1. The van der Waals surface area contributed by atoms with Crippen molar-refractivity contribution in [3.63, 3.8) is 0 Å². The van der Waals surface area contributed by atoms with Crippen molar-refractivity contribution in [2.24, 2.45) is 0 Å². The number of likely N-dealkylation sites (N-methyl/N-ethyl adjacent to an activating group) is 1. The molecule has 0 saturated carbocycles. The van der Waals surface area contributed by atoms with Crippen molar-refractivity contribution >= 4 is 76.2 Å². The van der Waals surface area contributed by atoms with Gasteiger partial charge in [0.1, 0.15) is 24.2 Å². The van der Waals surface area contributed by atoms with E-state index in [1.165, 1.54) is 30.5 Å². The highest BCUT2D eigenvalue weighted by molar-refractivity contribution is 5.98. The van der Waals surface area contributed by atoms with Gasteiger partial charge in [-0.1, -0.05) is 0 Å². The predicted molar refractivity (Wildman–Crippen MR) is 191 cm³/mol. The summed E-state index contributed by atoms with van der Waals surface area (Å²) in [6, 6.07) is -1.49. The molecule has 0 bridgehead atoms. The number of aromatic amines is 1. The van der Waals surface area contributed by atoms with Crippen molar-refractivity contribution in [2.45, 2.75) is 62.8 Å². The molecule has 0 aliphatic heterocycles. The molecule has 0 radical (unpaired) electrons. The van der Waals surface area contributed by atoms with E-state index in [0.29, 0.717) is 11.4 Å². The zero-order valence-electron chi connectivity index (χ0n) is 29.7. The fourth-order valence-electron chi connectivity index (χ4n) is 4.90. The smallest absolute Gasteiger partial charge is 0.326 e. The Balaban J connectivity index is 1.60. The van der Waals surface area contributed by atoms with Gasteiger partial charge >= 0.3 is 23.9 Å². The summed E-state index contributed by atoms with van der Waals surface area (Å²) >= 11 is 0. The van der Waals surface area contributed by atoms with Gasteiger partial charge in [0, 0.05) is 24.7 Å². The number of hydrogen-bond acceptors (Lipinski definition) is 15. The Bertz CT molecular complexity index is 2110. The molecule has 0 spiro atoms. The van der Waals surface area contributed by atoms with E-state index in [9.17, 15) is 63.3 Å². The molecule has 0 aliphatic rings. The number of carboxylic acid groups (broad SMARTS) is 4. The summed E-state index contributed by atoms with van der Waals surface area (Å²) in [5, 5.41) is 50.7. The second-order valence-corrected chi connectivity index (χ2v) is 12.0. The minimum Gasteiger partial charge on any atom is -0.481 e. The molecule has 0 aliphatic carbocycles. The Morgan fingerprint density at radius 1 is 0.737 bits per heavy atom. The average Bonchev–Trinajstić information content (AvgIpc) is 3.13. The zero-order valence-corrected chi connectivity index (χ0v) is 29.7. The third-order valence-electron chi connectivity index (χ3n) is 7.67. The number of nitrogens with one attached hydrogen (secondary N) is 7. The normalized spacial score (nSPS) is 12.8. The summed E-state index contributed by atoms with van der Waals surface area (Å²) in [7, 11) is 1.14. The summed E-state index contributed by atoms with van der Waals surface area (Å²) in [6.45, 7) is 0.114. The molecule has 3 aromatic rings. The molecular weight excluding hydrogens is 762 g/mol. The molecule has 25 heteroatoms. The van der Waals surface area contributed by atoms with Gasteiger partial charge in [0.15, 0.2) is 11.2 Å². The van der Waals surface area contributed by atoms with Crippen molar-refractivity contribution < 1.29 is 63.6 Å². The maximum absolute atomic E-state index is 13.0. The number of hydrogen-bond donors (Lipinski definition) is 12. The number of aromatic nitrogens is 4. The number of amides is 5. The molecule has 25 nitrogen and oxygen atoms in total. The van der Waals surface area contributed by atoms with Crippen LogP contribution in [0.15, 0.2) is 35.3 Å². The largest absolute Gasteiger partial charge is 0.481 e. The third kappa shape index (κ3) is 13.6. The molecule has 4 atom stereocenters. The summed E-state index contributed by atoms with van der Waals surface area (Å²) in [5.74, 6) is -11.9. The number of carbonyl (C=O) groups is 9. The van der Waals surface area contributed by atoms with E-state index in [-0.39, 0.29) is 29.2 Å². The van der Waals surface area contributed by atoms with E-state index in [2.05, 4.69) is 41.2 Å². The van der Waals surface area contributed by atoms with Crippen molar-refractivity contribution in [1.29, 1.82) is 0 Å². The predicted octanol–water partition coefficient (Wildman–Crippen LogP) is -3.50. The molecule has 304 valence electrons. The first kappa shape index (κ1) is 43.7. The van der Waals surface area contributed by atoms with E-state index in [1.54, 1.807) is 0 Å². The van der Waals surface area contributed by atoms with Gasteiger partial charge in [-0.2, -0.15) is 4.98 Å². The number of anilines is 2. The van der Waals surface area contributed by atoms with Crippen molar-refractivity contribution in [3.8, 4) is 0 Å². The maximum atomic E-state index is 13.0. The second-order valence-electron chi connectivity index (χ2n) is 12.0. The third-order valence-corrected chi connectivity index (χ3v) is 7.67. The Morgan fingerprint density at radius 2 is 1.28 bits per heavy atom. The molecular formula is C32H37N11O14. The molecule has 2 aromatic heterocycles. The molecule has 2 heterocycles. The van der Waals surface area contributed by atoms with Gasteiger partial charge in [0.2, 0.25) is 29.6 Å². The van der Waals surface area contributed by atoms with Crippen molar-refractivity contribution in [3.05, 3.63) is 52.1 Å². The van der Waals surface area contributed by atoms with Gasteiger partial charge in [-0.25, -0.2) is 14.8 Å². The summed E-state index contributed by atoms with van der Waals surface area (Å²) in [4.78, 5) is 136. The van der Waals surface area contributed by atoms with Crippen LogP contribution in [-0.2, 0) is 44.9 Å². The van der Waals surface area contributed by atoms with Gasteiger partial charge < -0.3 is 58.1 Å². The SMILES string of the molecule is CNC(=O)[C@@H](CC(=O)O)NC(=O)[C@@H](CC(=O)O)NC(=O)[C@@H](CC(=O)O)NC(=O)CC[C@@H](NC(=O)c1ccc(NCc2cnc3nc(N)[nH]c(=O)c3n2)cc1)C(=O)O. The second kappa shape index (κ2) is 20.1. The molecule has 0 saturated heterocycles. The maximum Gasteiger partial charge on any atom is 0.326 e. The fraction of sp³-hybridized carbons (Fsp3) is 0.344. The minimum absolute atomic E-state index is 0.0226. The van der Waals surface area contributed by atoms with E-state index < -0.39 is 115 Å². The van der Waals surface area contributed by atoms with Crippen LogP contribution in [-0.4, -0.2) is 125 Å². The first-order chi connectivity index (χ1) is 26.9. The first-order valence-electron chi connectivity index (χ1n) is 16.5. The lowest BCUT2D eigenvalue weighted by molar-refractivity contribution is -0.144. The van der Waals surface area contributed by atoms with Crippen molar-refractivity contribution in [1.82, 2.24) is 46.5 Å². The van der Waals surface area contributed by atoms with Crippen LogP contribution in [0.3, 0.4) is 0 Å². The summed E-state index contributed by atoms with van der Waals surface area (Å²) in [5.41, 5.74) is 5.88. The number of benzene rings is 1.